The second kappa shape index (κ2) is 5.72. The quantitative estimate of drug-likeness (QED) is 0.901. The molecule has 0 saturated heterocycles. The molecule has 0 saturated carbocycles. The van der Waals surface area contributed by atoms with Gasteiger partial charge < -0.3 is 10.8 Å². The van der Waals surface area contributed by atoms with Gasteiger partial charge >= 0.3 is 0 Å². The number of hydrogen-bond acceptors (Lipinski definition) is 2. The fourth-order valence-corrected chi connectivity index (χ4v) is 2.09. The van der Waals surface area contributed by atoms with E-state index < -0.39 is 12.1 Å². The Hall–Kier alpha value is -1.06. The molecule has 0 fully saturated rings. The fraction of sp³-hybridized carbons (Fsp3) is 0.143. The van der Waals surface area contributed by atoms with Gasteiger partial charge in [0.15, 0.2) is 0 Å². The Morgan fingerprint density at radius 1 is 0.889 bits per heavy atom. The maximum atomic E-state index is 10.2. The van der Waals surface area contributed by atoms with Gasteiger partial charge in [-0.15, -0.1) is 0 Å². The molecule has 0 amide bonds. The molecule has 0 radical (unpaired) electrons. The highest BCUT2D eigenvalue weighted by Crippen LogP contribution is 2.28. The van der Waals surface area contributed by atoms with Crippen LogP contribution < -0.4 is 5.73 Å². The van der Waals surface area contributed by atoms with Crippen molar-refractivity contribution >= 4 is 23.2 Å². The van der Waals surface area contributed by atoms with Crippen LogP contribution in [0, 0.1) is 0 Å². The normalized spacial score (nSPS) is 14.2. The van der Waals surface area contributed by atoms with E-state index in [1.54, 1.807) is 48.5 Å². The molecule has 18 heavy (non-hydrogen) atoms. The van der Waals surface area contributed by atoms with E-state index in [9.17, 15) is 5.11 Å². The molecule has 4 heteroatoms. The van der Waals surface area contributed by atoms with E-state index in [-0.39, 0.29) is 0 Å². The van der Waals surface area contributed by atoms with Crippen LogP contribution in [0.15, 0.2) is 48.5 Å². The fourth-order valence-electron chi connectivity index (χ4n) is 1.77. The van der Waals surface area contributed by atoms with Gasteiger partial charge in [0.05, 0.1) is 12.1 Å². The van der Waals surface area contributed by atoms with Crippen molar-refractivity contribution in [3.05, 3.63) is 69.7 Å². The second-order valence-corrected chi connectivity index (χ2v) is 4.95. The summed E-state index contributed by atoms with van der Waals surface area (Å²) in [5, 5.41) is 11.4. The predicted octanol–water partition coefficient (Wildman–Crippen LogP) is 3.73. The van der Waals surface area contributed by atoms with Crippen molar-refractivity contribution in [3.63, 3.8) is 0 Å². The number of hydrogen-bond donors (Lipinski definition) is 2. The highest BCUT2D eigenvalue weighted by atomic mass is 35.5. The van der Waals surface area contributed by atoms with E-state index in [0.717, 1.165) is 5.56 Å². The minimum atomic E-state index is -0.801. The third-order valence-corrected chi connectivity index (χ3v) is 3.27. The smallest absolute Gasteiger partial charge is 0.0983 e. The third kappa shape index (κ3) is 3.03. The van der Waals surface area contributed by atoms with E-state index in [4.69, 9.17) is 28.9 Å². The molecule has 0 heterocycles. The maximum absolute atomic E-state index is 10.2. The first kappa shape index (κ1) is 13.4. The molecule has 2 atom stereocenters. The number of aliphatic hydroxyl groups excluding tert-OH is 1. The Labute approximate surface area is 116 Å². The Kier molecular flexibility index (Phi) is 4.25. The van der Waals surface area contributed by atoms with Crippen molar-refractivity contribution in [1.82, 2.24) is 0 Å². The number of benzene rings is 2. The summed E-state index contributed by atoms with van der Waals surface area (Å²) in [6.07, 6.45) is -0.801. The highest BCUT2D eigenvalue weighted by molar-refractivity contribution is 6.30. The topological polar surface area (TPSA) is 46.2 Å². The largest absolute Gasteiger partial charge is 0.386 e. The molecule has 1 unspecified atom stereocenters. The zero-order valence-corrected chi connectivity index (χ0v) is 11.1. The first-order valence-corrected chi connectivity index (χ1v) is 6.28. The summed E-state index contributed by atoms with van der Waals surface area (Å²) < 4.78 is 0. The van der Waals surface area contributed by atoms with E-state index >= 15 is 0 Å². The van der Waals surface area contributed by atoms with Crippen molar-refractivity contribution < 1.29 is 5.11 Å². The van der Waals surface area contributed by atoms with E-state index in [0.29, 0.717) is 15.6 Å². The molecule has 0 bridgehead atoms. The Bertz CT molecular complexity index is 528. The lowest BCUT2D eigenvalue weighted by Gasteiger charge is -2.19. The van der Waals surface area contributed by atoms with E-state index in [2.05, 4.69) is 0 Å². The molecule has 94 valence electrons. The molecule has 2 aromatic carbocycles. The first-order chi connectivity index (χ1) is 8.58. The molecule has 0 spiro atoms. The summed E-state index contributed by atoms with van der Waals surface area (Å²) in [4.78, 5) is 0. The molecule has 0 aliphatic rings. The molecule has 0 aromatic heterocycles. The standard InChI is InChI=1S/C14H13Cl2NO/c15-11-6-4-9(5-7-11)13(17)14(18)10-2-1-3-12(16)8-10/h1-8,13-14,18H,17H2/t13-,14?/m1/s1. The summed E-state index contributed by atoms with van der Waals surface area (Å²) in [6, 6.07) is 13.7. The van der Waals surface area contributed by atoms with Crippen molar-refractivity contribution in [2.75, 3.05) is 0 Å². The van der Waals surface area contributed by atoms with Gasteiger partial charge in [-0.2, -0.15) is 0 Å². The van der Waals surface area contributed by atoms with Crippen LogP contribution in [0.5, 0.6) is 0 Å². The lowest BCUT2D eigenvalue weighted by molar-refractivity contribution is 0.147. The average Bonchev–Trinajstić information content (AvgIpc) is 2.38. The molecule has 3 N–H and O–H groups in total. The summed E-state index contributed by atoms with van der Waals surface area (Å²) >= 11 is 11.7. The van der Waals surface area contributed by atoms with Crippen LogP contribution in [0.2, 0.25) is 10.0 Å². The van der Waals surface area contributed by atoms with Gasteiger partial charge in [-0.05, 0) is 35.4 Å². The van der Waals surface area contributed by atoms with Crippen LogP contribution in [-0.4, -0.2) is 5.11 Å². The van der Waals surface area contributed by atoms with Crippen LogP contribution in [0.1, 0.15) is 23.3 Å². The predicted molar refractivity (Wildman–Crippen MR) is 74.8 cm³/mol. The van der Waals surface area contributed by atoms with Crippen LogP contribution >= 0.6 is 23.2 Å². The molecular formula is C14H13Cl2NO. The van der Waals surface area contributed by atoms with Crippen molar-refractivity contribution in [3.8, 4) is 0 Å². The highest BCUT2D eigenvalue weighted by Gasteiger charge is 2.18. The number of halogens is 2. The Balaban J connectivity index is 2.23. The summed E-state index contributed by atoms with van der Waals surface area (Å²) in [5.41, 5.74) is 7.56. The van der Waals surface area contributed by atoms with Gasteiger partial charge in [-0.3, -0.25) is 0 Å². The minimum Gasteiger partial charge on any atom is -0.386 e. The van der Waals surface area contributed by atoms with Crippen molar-refractivity contribution in [1.29, 1.82) is 0 Å². The summed E-state index contributed by atoms with van der Waals surface area (Å²) in [7, 11) is 0. The molecule has 2 nitrogen and oxygen atoms in total. The Morgan fingerprint density at radius 3 is 2.17 bits per heavy atom. The second-order valence-electron chi connectivity index (χ2n) is 4.08. The molecule has 2 rings (SSSR count). The first-order valence-electron chi connectivity index (χ1n) is 5.52. The van der Waals surface area contributed by atoms with Crippen molar-refractivity contribution in [2.45, 2.75) is 12.1 Å². The van der Waals surface area contributed by atoms with Gasteiger partial charge in [0.2, 0.25) is 0 Å². The van der Waals surface area contributed by atoms with Crippen LogP contribution in [0.25, 0.3) is 0 Å². The summed E-state index contributed by atoms with van der Waals surface area (Å²) in [5.74, 6) is 0. The van der Waals surface area contributed by atoms with E-state index in [1.165, 1.54) is 0 Å². The van der Waals surface area contributed by atoms with Gasteiger partial charge in [-0.25, -0.2) is 0 Å². The lowest BCUT2D eigenvalue weighted by atomic mass is 9.97. The summed E-state index contributed by atoms with van der Waals surface area (Å²) in [6.45, 7) is 0. The minimum absolute atomic E-state index is 0.513. The van der Waals surface area contributed by atoms with Crippen molar-refractivity contribution in [2.24, 2.45) is 5.73 Å². The van der Waals surface area contributed by atoms with Gasteiger partial charge in [0.1, 0.15) is 0 Å². The Morgan fingerprint density at radius 2 is 1.56 bits per heavy atom. The zero-order chi connectivity index (χ0) is 13.1. The monoisotopic (exact) mass is 281 g/mol. The van der Waals surface area contributed by atoms with E-state index in [1.807, 2.05) is 0 Å². The number of rotatable bonds is 3. The SMILES string of the molecule is N[C@H](c1ccc(Cl)cc1)C(O)c1cccc(Cl)c1. The lowest BCUT2D eigenvalue weighted by Crippen LogP contribution is -2.19. The van der Waals surface area contributed by atoms with Gasteiger partial charge in [0, 0.05) is 10.0 Å². The average molecular weight is 282 g/mol. The van der Waals surface area contributed by atoms with Gasteiger partial charge in [-0.1, -0.05) is 47.5 Å². The van der Waals surface area contributed by atoms with Crippen LogP contribution in [-0.2, 0) is 0 Å². The molecule has 2 aromatic rings. The molecule has 0 aliphatic carbocycles. The molecular weight excluding hydrogens is 269 g/mol. The van der Waals surface area contributed by atoms with Crippen LogP contribution in [0.3, 0.4) is 0 Å². The zero-order valence-electron chi connectivity index (χ0n) is 9.55. The van der Waals surface area contributed by atoms with Crippen LogP contribution in [0.4, 0.5) is 0 Å². The maximum Gasteiger partial charge on any atom is 0.0983 e. The number of nitrogens with two attached hydrogens (primary N) is 1. The van der Waals surface area contributed by atoms with Gasteiger partial charge in [0.25, 0.3) is 0 Å². The third-order valence-electron chi connectivity index (χ3n) is 2.79. The molecule has 0 aliphatic heterocycles. The number of aliphatic hydroxyl groups is 1.